The van der Waals surface area contributed by atoms with E-state index in [9.17, 15) is 9.59 Å². The zero-order valence-corrected chi connectivity index (χ0v) is 11.7. The Morgan fingerprint density at radius 1 is 1.37 bits per heavy atom. The summed E-state index contributed by atoms with van der Waals surface area (Å²) < 4.78 is 0. The lowest BCUT2D eigenvalue weighted by atomic mass is 9.81. The van der Waals surface area contributed by atoms with Gasteiger partial charge in [0.25, 0.3) is 0 Å². The molecule has 0 atom stereocenters. The molecule has 1 heterocycles. The number of carbonyl (C=O) groups is 2. The summed E-state index contributed by atoms with van der Waals surface area (Å²) in [5.74, 6) is -1.03. The molecule has 1 aliphatic carbocycles. The van der Waals surface area contributed by atoms with Gasteiger partial charge in [0.15, 0.2) is 0 Å². The molecule has 2 rings (SSSR count). The van der Waals surface area contributed by atoms with Crippen LogP contribution < -0.4 is 5.32 Å². The first kappa shape index (κ1) is 14.0. The number of carboxylic acids is 1. The molecule has 1 aromatic heterocycles. The number of aromatic nitrogens is 1. The minimum absolute atomic E-state index is 0.0247. The predicted molar refractivity (Wildman–Crippen MR) is 71.8 cm³/mol. The maximum absolute atomic E-state index is 12.0. The Hall–Kier alpha value is -1.43. The summed E-state index contributed by atoms with van der Waals surface area (Å²) in [7, 11) is 0. The van der Waals surface area contributed by atoms with Gasteiger partial charge in [-0.3, -0.25) is 9.59 Å². The van der Waals surface area contributed by atoms with Gasteiger partial charge in [-0.1, -0.05) is 0 Å². The second kappa shape index (κ2) is 6.14. The van der Waals surface area contributed by atoms with E-state index in [1.807, 2.05) is 12.3 Å². The summed E-state index contributed by atoms with van der Waals surface area (Å²) in [4.78, 5) is 27.1. The van der Waals surface area contributed by atoms with E-state index in [1.165, 1.54) is 11.3 Å². The van der Waals surface area contributed by atoms with Crippen molar-refractivity contribution in [3.05, 3.63) is 16.1 Å². The fraction of sp³-hybridized carbons (Fsp3) is 0.615. The number of carbonyl (C=O) groups excluding carboxylic acids is 1. The highest BCUT2D eigenvalue weighted by atomic mass is 32.1. The van der Waals surface area contributed by atoms with Gasteiger partial charge in [0.1, 0.15) is 5.01 Å². The van der Waals surface area contributed by atoms with E-state index in [1.54, 1.807) is 0 Å². The van der Waals surface area contributed by atoms with Crippen LogP contribution in [0.3, 0.4) is 0 Å². The Morgan fingerprint density at radius 2 is 2.00 bits per heavy atom. The number of rotatable bonds is 4. The third-order valence-electron chi connectivity index (χ3n) is 3.53. The highest BCUT2D eigenvalue weighted by Gasteiger charge is 2.29. The number of hydrogen-bond acceptors (Lipinski definition) is 4. The number of nitrogens with one attached hydrogen (secondary N) is 1. The van der Waals surface area contributed by atoms with E-state index < -0.39 is 5.97 Å². The van der Waals surface area contributed by atoms with E-state index in [2.05, 4.69) is 10.3 Å². The Morgan fingerprint density at radius 3 is 2.53 bits per heavy atom. The quantitative estimate of drug-likeness (QED) is 0.884. The summed E-state index contributed by atoms with van der Waals surface area (Å²) in [5.41, 5.74) is 0.969. The largest absolute Gasteiger partial charge is 0.481 e. The standard InChI is InChI=1S/C13H18N2O3S/c1-8-7-19-11(15-8)6-14-12(16)9-2-4-10(5-3-9)13(17)18/h7,9-10H,2-6H2,1H3,(H,14,16)(H,17,18). The van der Waals surface area contributed by atoms with E-state index in [0.29, 0.717) is 32.2 Å². The molecule has 1 saturated carbocycles. The van der Waals surface area contributed by atoms with E-state index in [0.717, 1.165) is 10.7 Å². The normalized spacial score (nSPS) is 23.0. The zero-order valence-electron chi connectivity index (χ0n) is 10.9. The fourth-order valence-corrected chi connectivity index (χ4v) is 3.11. The lowest BCUT2D eigenvalue weighted by Gasteiger charge is -2.25. The van der Waals surface area contributed by atoms with Crippen LogP contribution in [0.4, 0.5) is 0 Å². The molecule has 0 bridgehead atoms. The monoisotopic (exact) mass is 282 g/mol. The average molecular weight is 282 g/mol. The molecule has 0 radical (unpaired) electrons. The van der Waals surface area contributed by atoms with Gasteiger partial charge in [-0.05, 0) is 32.6 Å². The van der Waals surface area contributed by atoms with E-state index in [4.69, 9.17) is 5.11 Å². The van der Waals surface area contributed by atoms with Crippen LogP contribution in [-0.4, -0.2) is 22.0 Å². The maximum atomic E-state index is 12.0. The third kappa shape index (κ3) is 3.76. The molecule has 1 aromatic rings. The molecule has 19 heavy (non-hydrogen) atoms. The minimum atomic E-state index is -0.739. The average Bonchev–Trinajstić information content (AvgIpc) is 2.82. The minimum Gasteiger partial charge on any atom is -0.481 e. The van der Waals surface area contributed by atoms with Crippen LogP contribution in [0.5, 0.6) is 0 Å². The topological polar surface area (TPSA) is 79.3 Å². The summed E-state index contributed by atoms with van der Waals surface area (Å²) in [6, 6.07) is 0. The van der Waals surface area contributed by atoms with E-state index in [-0.39, 0.29) is 17.7 Å². The van der Waals surface area contributed by atoms with Crippen molar-refractivity contribution in [3.8, 4) is 0 Å². The molecule has 0 aromatic carbocycles. The first-order chi connectivity index (χ1) is 9.06. The predicted octanol–water partition coefficient (Wildman–Crippen LogP) is 1.96. The van der Waals surface area contributed by atoms with Gasteiger partial charge in [-0.2, -0.15) is 0 Å². The number of aliphatic carboxylic acids is 1. The summed E-state index contributed by atoms with van der Waals surface area (Å²) >= 11 is 1.54. The van der Waals surface area contributed by atoms with Gasteiger partial charge in [-0.25, -0.2) is 4.98 Å². The first-order valence-corrected chi connectivity index (χ1v) is 7.35. The van der Waals surface area contributed by atoms with Crippen molar-refractivity contribution in [1.29, 1.82) is 0 Å². The fourth-order valence-electron chi connectivity index (χ4n) is 2.39. The lowest BCUT2D eigenvalue weighted by molar-refractivity contribution is -0.144. The van der Waals surface area contributed by atoms with Crippen molar-refractivity contribution in [2.75, 3.05) is 0 Å². The molecule has 0 saturated heterocycles. The Balaban J connectivity index is 1.77. The van der Waals surface area contributed by atoms with Crippen molar-refractivity contribution in [1.82, 2.24) is 10.3 Å². The van der Waals surface area contributed by atoms with Crippen LogP contribution in [0.15, 0.2) is 5.38 Å². The molecule has 2 N–H and O–H groups in total. The Bertz CT molecular complexity index is 464. The molecule has 0 spiro atoms. The van der Waals surface area contributed by atoms with Crippen molar-refractivity contribution in [2.24, 2.45) is 11.8 Å². The molecular formula is C13H18N2O3S. The second-order valence-electron chi connectivity index (χ2n) is 4.99. The van der Waals surface area contributed by atoms with Crippen LogP contribution in [-0.2, 0) is 16.1 Å². The van der Waals surface area contributed by atoms with Crippen LogP contribution in [0.2, 0.25) is 0 Å². The number of nitrogens with zero attached hydrogens (tertiary/aromatic N) is 1. The van der Waals surface area contributed by atoms with Crippen LogP contribution in [0, 0.1) is 18.8 Å². The maximum Gasteiger partial charge on any atom is 0.306 e. The van der Waals surface area contributed by atoms with Crippen molar-refractivity contribution < 1.29 is 14.7 Å². The van der Waals surface area contributed by atoms with E-state index >= 15 is 0 Å². The molecule has 0 aliphatic heterocycles. The van der Waals surface area contributed by atoms with Crippen LogP contribution in [0.25, 0.3) is 0 Å². The molecule has 1 fully saturated rings. The van der Waals surface area contributed by atoms with Crippen molar-refractivity contribution in [2.45, 2.75) is 39.2 Å². The van der Waals surface area contributed by atoms with Crippen LogP contribution >= 0.6 is 11.3 Å². The number of thiazole rings is 1. The van der Waals surface area contributed by atoms with Gasteiger partial charge in [0, 0.05) is 17.0 Å². The lowest BCUT2D eigenvalue weighted by Crippen LogP contribution is -2.34. The summed E-state index contributed by atoms with van der Waals surface area (Å²) in [6.45, 7) is 2.39. The molecule has 5 nitrogen and oxygen atoms in total. The highest BCUT2D eigenvalue weighted by molar-refractivity contribution is 7.09. The van der Waals surface area contributed by atoms with Gasteiger partial charge < -0.3 is 10.4 Å². The number of carboxylic acid groups (broad SMARTS) is 1. The third-order valence-corrected chi connectivity index (χ3v) is 4.49. The first-order valence-electron chi connectivity index (χ1n) is 6.48. The number of amides is 1. The van der Waals surface area contributed by atoms with Gasteiger partial charge in [0.2, 0.25) is 5.91 Å². The SMILES string of the molecule is Cc1csc(CNC(=O)C2CCC(C(=O)O)CC2)n1. The van der Waals surface area contributed by atoms with Gasteiger partial charge in [-0.15, -0.1) is 11.3 Å². The Kier molecular flexibility index (Phi) is 4.52. The Labute approximate surface area is 116 Å². The molecule has 6 heteroatoms. The van der Waals surface area contributed by atoms with Crippen molar-refractivity contribution >= 4 is 23.2 Å². The molecular weight excluding hydrogens is 264 g/mol. The number of hydrogen-bond donors (Lipinski definition) is 2. The summed E-state index contributed by atoms with van der Waals surface area (Å²) in [5, 5.41) is 14.7. The zero-order chi connectivity index (χ0) is 13.8. The smallest absolute Gasteiger partial charge is 0.306 e. The van der Waals surface area contributed by atoms with Gasteiger partial charge in [0.05, 0.1) is 12.5 Å². The van der Waals surface area contributed by atoms with Crippen molar-refractivity contribution in [3.63, 3.8) is 0 Å². The van der Waals surface area contributed by atoms with Crippen LogP contribution in [0.1, 0.15) is 36.4 Å². The highest BCUT2D eigenvalue weighted by Crippen LogP contribution is 2.29. The second-order valence-corrected chi connectivity index (χ2v) is 5.93. The summed E-state index contributed by atoms with van der Waals surface area (Å²) in [6.07, 6.45) is 2.53. The number of aryl methyl sites for hydroxylation is 1. The molecule has 1 aliphatic rings. The molecule has 1 amide bonds. The van der Waals surface area contributed by atoms with Gasteiger partial charge >= 0.3 is 5.97 Å². The molecule has 0 unspecified atom stereocenters. The molecule has 104 valence electrons.